The second-order valence-corrected chi connectivity index (χ2v) is 10.3. The molecule has 0 spiro atoms. The van der Waals surface area contributed by atoms with Crippen LogP contribution < -0.4 is 0 Å². The molecule has 0 aliphatic carbocycles. The molecule has 2 aliphatic rings. The average molecular weight is 535 g/mol. The van der Waals surface area contributed by atoms with Crippen molar-refractivity contribution < 1.29 is 47.8 Å². The summed E-state index contributed by atoms with van der Waals surface area (Å²) in [4.78, 5) is 101. The van der Waals surface area contributed by atoms with Gasteiger partial charge >= 0.3 is 11.9 Å². The van der Waals surface area contributed by atoms with Crippen LogP contribution in [0.2, 0.25) is 0 Å². The minimum Gasteiger partial charge on any atom is -0.459 e. The van der Waals surface area contributed by atoms with Gasteiger partial charge in [0, 0.05) is 24.3 Å². The molecular formula is C24H30N4O10. The highest BCUT2D eigenvalue weighted by atomic mass is 16.6. The van der Waals surface area contributed by atoms with Crippen molar-refractivity contribution in [2.75, 3.05) is 26.2 Å². The van der Waals surface area contributed by atoms with E-state index in [4.69, 9.17) is 9.47 Å². The maximum Gasteiger partial charge on any atom is 0.328 e. The number of hydrogen-bond acceptors (Lipinski definition) is 10. The van der Waals surface area contributed by atoms with Gasteiger partial charge < -0.3 is 9.47 Å². The summed E-state index contributed by atoms with van der Waals surface area (Å²) >= 11 is 0. The first kappa shape index (κ1) is 29.9. The lowest BCUT2D eigenvalue weighted by atomic mass is 10.2. The fourth-order valence-electron chi connectivity index (χ4n) is 3.22. The normalized spacial score (nSPS) is 15.3. The van der Waals surface area contributed by atoms with Crippen LogP contribution in [0.4, 0.5) is 0 Å². The number of hydrogen-bond donors (Lipinski definition) is 0. The van der Waals surface area contributed by atoms with E-state index >= 15 is 0 Å². The van der Waals surface area contributed by atoms with Crippen LogP contribution in [0, 0.1) is 0 Å². The van der Waals surface area contributed by atoms with Crippen molar-refractivity contribution in [2.24, 2.45) is 0 Å². The van der Waals surface area contributed by atoms with E-state index in [1.165, 1.54) is 0 Å². The standard InChI is InChI=1S/C24H30N4O10/c1-23(2,3)37-21(35)13-27(19(33)11-25-15(29)7-8-16(25)30)28(14-22(36)38-24(4,5)6)20(34)12-26-17(31)9-10-18(26)32/h7-10H,11-14H2,1-6H3. The van der Waals surface area contributed by atoms with Crippen LogP contribution in [0.5, 0.6) is 0 Å². The number of rotatable bonds is 8. The van der Waals surface area contributed by atoms with Gasteiger partial charge in [0.05, 0.1) is 0 Å². The first-order valence-electron chi connectivity index (χ1n) is 11.5. The summed E-state index contributed by atoms with van der Waals surface area (Å²) in [5.74, 6) is -7.38. The number of amides is 6. The minimum absolute atomic E-state index is 0.525. The zero-order valence-electron chi connectivity index (χ0n) is 22.0. The quantitative estimate of drug-likeness (QED) is 0.216. The highest BCUT2D eigenvalue weighted by molar-refractivity contribution is 6.15. The number of esters is 2. The van der Waals surface area contributed by atoms with E-state index in [9.17, 15) is 38.4 Å². The summed E-state index contributed by atoms with van der Waals surface area (Å²) < 4.78 is 10.5. The van der Waals surface area contributed by atoms with E-state index in [2.05, 4.69) is 0 Å². The van der Waals surface area contributed by atoms with Gasteiger partial charge in [0.2, 0.25) is 0 Å². The third-order valence-corrected chi connectivity index (χ3v) is 4.65. The van der Waals surface area contributed by atoms with E-state index in [1.54, 1.807) is 41.5 Å². The fourth-order valence-corrected chi connectivity index (χ4v) is 3.22. The molecule has 14 nitrogen and oxygen atoms in total. The number of carbonyl (C=O) groups is 8. The van der Waals surface area contributed by atoms with Gasteiger partial charge in [-0.25, -0.2) is 10.0 Å². The second-order valence-electron chi connectivity index (χ2n) is 10.3. The molecule has 0 bridgehead atoms. The summed E-state index contributed by atoms with van der Waals surface area (Å²) in [6.07, 6.45) is 3.76. The molecule has 0 radical (unpaired) electrons. The van der Waals surface area contributed by atoms with Crippen molar-refractivity contribution >= 4 is 47.4 Å². The second kappa shape index (κ2) is 11.4. The lowest BCUT2D eigenvalue weighted by Gasteiger charge is -2.36. The smallest absolute Gasteiger partial charge is 0.328 e. The molecule has 2 heterocycles. The van der Waals surface area contributed by atoms with Gasteiger partial charge in [-0.15, -0.1) is 0 Å². The monoisotopic (exact) mass is 534 g/mol. The van der Waals surface area contributed by atoms with Crippen LogP contribution in [-0.2, 0) is 47.8 Å². The maximum atomic E-state index is 13.3. The Morgan fingerprint density at radius 2 is 0.868 bits per heavy atom. The Balaban J connectivity index is 2.43. The molecule has 6 amide bonds. The van der Waals surface area contributed by atoms with E-state index < -0.39 is 84.8 Å². The zero-order chi connectivity index (χ0) is 29.0. The molecule has 0 unspecified atom stereocenters. The van der Waals surface area contributed by atoms with Crippen LogP contribution in [0.1, 0.15) is 41.5 Å². The van der Waals surface area contributed by atoms with Crippen molar-refractivity contribution in [1.82, 2.24) is 19.8 Å². The van der Waals surface area contributed by atoms with Crippen LogP contribution in [0.3, 0.4) is 0 Å². The van der Waals surface area contributed by atoms with Crippen LogP contribution in [-0.4, -0.2) is 105 Å². The Morgan fingerprint density at radius 1 is 0.605 bits per heavy atom. The van der Waals surface area contributed by atoms with Crippen LogP contribution in [0.15, 0.2) is 24.3 Å². The molecule has 0 fully saturated rings. The van der Waals surface area contributed by atoms with Gasteiger partial charge in [-0.3, -0.25) is 48.2 Å². The lowest BCUT2D eigenvalue weighted by molar-refractivity contribution is -0.182. The Kier molecular flexibility index (Phi) is 8.93. The highest BCUT2D eigenvalue weighted by Crippen LogP contribution is 2.14. The maximum absolute atomic E-state index is 13.3. The first-order valence-corrected chi connectivity index (χ1v) is 11.5. The SMILES string of the molecule is CC(C)(C)OC(=O)CN(C(=O)CN1C(=O)C=CC1=O)N(CC(=O)OC(C)(C)C)C(=O)CN1C(=O)C=CC1=O. The molecule has 2 aliphatic heterocycles. The van der Waals surface area contributed by atoms with Crippen molar-refractivity contribution in [3.05, 3.63) is 24.3 Å². The molecular weight excluding hydrogens is 504 g/mol. The lowest BCUT2D eigenvalue weighted by Crippen LogP contribution is -2.59. The summed E-state index contributed by atoms with van der Waals surface area (Å²) in [6.45, 7) is 5.79. The average Bonchev–Trinajstić information content (AvgIpc) is 3.23. The van der Waals surface area contributed by atoms with Crippen molar-refractivity contribution in [1.29, 1.82) is 0 Å². The summed E-state index contributed by atoms with van der Waals surface area (Å²) in [5, 5.41) is 1.05. The first-order chi connectivity index (χ1) is 17.4. The molecule has 0 aromatic heterocycles. The zero-order valence-corrected chi connectivity index (χ0v) is 22.0. The van der Waals surface area contributed by atoms with Crippen LogP contribution in [0.25, 0.3) is 0 Å². The van der Waals surface area contributed by atoms with Crippen molar-refractivity contribution in [3.8, 4) is 0 Å². The van der Waals surface area contributed by atoms with Crippen molar-refractivity contribution in [3.63, 3.8) is 0 Å². The predicted octanol–water partition coefficient (Wildman–Crippen LogP) is -0.908. The Labute approximate surface area is 218 Å². The highest BCUT2D eigenvalue weighted by Gasteiger charge is 2.37. The number of hydrazine groups is 1. The number of nitrogens with zero attached hydrogens (tertiary/aromatic N) is 4. The molecule has 14 heteroatoms. The molecule has 0 N–H and O–H groups in total. The van der Waals surface area contributed by atoms with Crippen LogP contribution >= 0.6 is 0 Å². The molecule has 0 atom stereocenters. The molecule has 38 heavy (non-hydrogen) atoms. The van der Waals surface area contributed by atoms with E-state index in [0.29, 0.717) is 19.8 Å². The molecule has 0 saturated carbocycles. The number of carbonyl (C=O) groups excluding carboxylic acids is 8. The summed E-state index contributed by atoms with van der Waals surface area (Å²) in [6, 6.07) is 0. The van der Waals surface area contributed by atoms with Gasteiger partial charge in [-0.05, 0) is 41.5 Å². The third kappa shape index (κ3) is 8.35. The molecule has 0 aromatic carbocycles. The van der Waals surface area contributed by atoms with Gasteiger partial charge in [0.1, 0.15) is 37.4 Å². The Hall–Kier alpha value is -4.36. The fraction of sp³-hybridized carbons (Fsp3) is 0.500. The minimum atomic E-state index is -1.10. The molecule has 2 rings (SSSR count). The Bertz CT molecular complexity index is 1000. The van der Waals surface area contributed by atoms with E-state index in [1.807, 2.05) is 0 Å². The largest absolute Gasteiger partial charge is 0.459 e. The van der Waals surface area contributed by atoms with Gasteiger partial charge in [-0.2, -0.15) is 0 Å². The summed E-state index contributed by atoms with van der Waals surface area (Å²) in [7, 11) is 0. The predicted molar refractivity (Wildman–Crippen MR) is 127 cm³/mol. The van der Waals surface area contributed by atoms with Gasteiger partial charge in [0.15, 0.2) is 0 Å². The van der Waals surface area contributed by atoms with Gasteiger partial charge in [-0.1, -0.05) is 0 Å². The Morgan fingerprint density at radius 3 is 1.11 bits per heavy atom. The number of ether oxygens (including phenoxy) is 2. The number of imide groups is 2. The van der Waals surface area contributed by atoms with E-state index in [-0.39, 0.29) is 0 Å². The molecule has 206 valence electrons. The van der Waals surface area contributed by atoms with E-state index in [0.717, 1.165) is 24.3 Å². The third-order valence-electron chi connectivity index (χ3n) is 4.65. The summed E-state index contributed by atoms with van der Waals surface area (Å²) in [5.41, 5.74) is -1.98. The van der Waals surface area contributed by atoms with Gasteiger partial charge in [0.25, 0.3) is 35.4 Å². The molecule has 0 aromatic rings. The topological polar surface area (TPSA) is 168 Å². The van der Waals surface area contributed by atoms with Crippen molar-refractivity contribution in [2.45, 2.75) is 52.7 Å². The molecule has 0 saturated heterocycles.